The molecule has 4 nitrogen and oxygen atoms in total. The van der Waals surface area contributed by atoms with E-state index in [4.69, 9.17) is 4.18 Å². The third kappa shape index (κ3) is 3.38. The van der Waals surface area contributed by atoms with Crippen LogP contribution in [0, 0.1) is 0 Å². The summed E-state index contributed by atoms with van der Waals surface area (Å²) in [5.41, 5.74) is 1.32. The summed E-state index contributed by atoms with van der Waals surface area (Å²) in [6.07, 6.45) is 1.94. The van der Waals surface area contributed by atoms with Crippen molar-refractivity contribution in [2.75, 3.05) is 6.26 Å². The Morgan fingerprint density at radius 3 is 2.28 bits per heavy atom. The molecule has 1 heterocycles. The van der Waals surface area contributed by atoms with Crippen LogP contribution in [0.5, 0.6) is 0 Å². The average molecular weight is 263 g/mol. The van der Waals surface area contributed by atoms with Gasteiger partial charge >= 0.3 is 0 Å². The first-order chi connectivity index (χ1) is 8.56. The molecule has 0 radical (unpaired) electrons. The highest BCUT2D eigenvalue weighted by Gasteiger charge is 2.20. The van der Waals surface area contributed by atoms with Gasteiger partial charge in [-0.25, -0.2) is 0 Å². The molecule has 1 atom stereocenters. The number of aromatic nitrogens is 1. The number of pyridine rings is 1. The smallest absolute Gasteiger partial charge is 0.258 e. The molecule has 18 heavy (non-hydrogen) atoms. The lowest BCUT2D eigenvalue weighted by atomic mass is 10.1. The van der Waals surface area contributed by atoms with Gasteiger partial charge in [-0.3, -0.25) is 9.17 Å². The van der Waals surface area contributed by atoms with E-state index in [1.54, 1.807) is 24.4 Å². The molecule has 94 valence electrons. The Kier molecular flexibility index (Phi) is 3.74. The van der Waals surface area contributed by atoms with Crippen molar-refractivity contribution in [2.45, 2.75) is 6.10 Å². The van der Waals surface area contributed by atoms with Gasteiger partial charge in [0.05, 0.1) is 11.9 Å². The van der Waals surface area contributed by atoms with E-state index in [0.717, 1.165) is 11.8 Å². The summed E-state index contributed by atoms with van der Waals surface area (Å²) in [5, 5.41) is 0. The SMILES string of the molecule is CS(=O)(=O)OC(c1ccccc1)c1ccccn1. The van der Waals surface area contributed by atoms with Crippen LogP contribution in [0.15, 0.2) is 54.7 Å². The second kappa shape index (κ2) is 5.29. The molecule has 0 N–H and O–H groups in total. The molecule has 1 aromatic carbocycles. The molecular formula is C13H13NO3S. The topological polar surface area (TPSA) is 56.3 Å². The van der Waals surface area contributed by atoms with Gasteiger partial charge in [-0.2, -0.15) is 8.42 Å². The fraction of sp³-hybridized carbons (Fsp3) is 0.154. The highest BCUT2D eigenvalue weighted by Crippen LogP contribution is 2.25. The van der Waals surface area contributed by atoms with Crippen molar-refractivity contribution in [2.24, 2.45) is 0 Å². The lowest BCUT2D eigenvalue weighted by Gasteiger charge is -2.15. The highest BCUT2D eigenvalue weighted by molar-refractivity contribution is 7.86. The largest absolute Gasteiger partial charge is 0.265 e. The van der Waals surface area contributed by atoms with Crippen LogP contribution in [0.2, 0.25) is 0 Å². The van der Waals surface area contributed by atoms with Crippen LogP contribution in [-0.2, 0) is 14.3 Å². The zero-order valence-corrected chi connectivity index (χ0v) is 10.7. The van der Waals surface area contributed by atoms with Gasteiger partial charge in [0, 0.05) is 6.20 Å². The van der Waals surface area contributed by atoms with E-state index in [-0.39, 0.29) is 0 Å². The summed E-state index contributed by atoms with van der Waals surface area (Å²) in [6.45, 7) is 0. The molecule has 5 heteroatoms. The molecular weight excluding hydrogens is 250 g/mol. The molecule has 0 amide bonds. The van der Waals surface area contributed by atoms with Crippen LogP contribution in [0.25, 0.3) is 0 Å². The van der Waals surface area contributed by atoms with Crippen molar-refractivity contribution >= 4 is 10.1 Å². The summed E-state index contributed by atoms with van der Waals surface area (Å²) in [7, 11) is -3.56. The summed E-state index contributed by atoms with van der Waals surface area (Å²) in [4.78, 5) is 4.15. The fourth-order valence-electron chi connectivity index (χ4n) is 1.61. The Morgan fingerprint density at radius 1 is 1.06 bits per heavy atom. The molecule has 0 fully saturated rings. The van der Waals surface area contributed by atoms with Gasteiger partial charge in [-0.15, -0.1) is 0 Å². The van der Waals surface area contributed by atoms with E-state index in [0.29, 0.717) is 5.69 Å². The summed E-state index contributed by atoms with van der Waals surface area (Å²) >= 11 is 0. The quantitative estimate of drug-likeness (QED) is 0.793. The van der Waals surface area contributed by atoms with Crippen molar-refractivity contribution in [1.82, 2.24) is 4.98 Å². The number of hydrogen-bond donors (Lipinski definition) is 0. The Bertz CT molecular complexity index is 557. The second-order valence-corrected chi connectivity index (χ2v) is 5.45. The molecule has 0 saturated heterocycles. The normalized spacial score (nSPS) is 13.2. The molecule has 1 aromatic heterocycles. The van der Waals surface area contributed by atoms with Crippen LogP contribution in [0.4, 0.5) is 0 Å². The fourth-order valence-corrected chi connectivity index (χ4v) is 2.17. The molecule has 1 unspecified atom stereocenters. The molecule has 0 aliphatic heterocycles. The molecule has 0 spiro atoms. The minimum atomic E-state index is -3.56. The predicted octanol–water partition coefficient (Wildman–Crippen LogP) is 2.15. The maximum atomic E-state index is 11.3. The van der Waals surface area contributed by atoms with E-state index in [2.05, 4.69) is 4.98 Å². The Labute approximate surface area is 106 Å². The van der Waals surface area contributed by atoms with Crippen LogP contribution in [-0.4, -0.2) is 19.7 Å². The zero-order valence-electron chi connectivity index (χ0n) is 9.85. The number of benzene rings is 1. The third-order valence-corrected chi connectivity index (χ3v) is 2.87. The lowest BCUT2D eigenvalue weighted by Crippen LogP contribution is -2.12. The van der Waals surface area contributed by atoms with Gasteiger partial charge in [0.15, 0.2) is 0 Å². The molecule has 0 aliphatic rings. The van der Waals surface area contributed by atoms with Gasteiger partial charge < -0.3 is 0 Å². The van der Waals surface area contributed by atoms with Crippen molar-refractivity contribution < 1.29 is 12.6 Å². The van der Waals surface area contributed by atoms with Crippen molar-refractivity contribution in [3.05, 3.63) is 66.0 Å². The monoisotopic (exact) mass is 263 g/mol. The highest BCUT2D eigenvalue weighted by atomic mass is 32.2. The zero-order chi connectivity index (χ0) is 13.0. The Hall–Kier alpha value is -1.72. The maximum absolute atomic E-state index is 11.3. The van der Waals surface area contributed by atoms with Crippen molar-refractivity contribution in [3.8, 4) is 0 Å². The summed E-state index contributed by atoms with van der Waals surface area (Å²) in [5.74, 6) is 0. The van der Waals surface area contributed by atoms with E-state index in [1.165, 1.54) is 0 Å². The molecule has 0 aliphatic carbocycles. The van der Waals surface area contributed by atoms with Gasteiger partial charge in [0.25, 0.3) is 10.1 Å². The van der Waals surface area contributed by atoms with Gasteiger partial charge in [-0.05, 0) is 17.7 Å². The minimum Gasteiger partial charge on any atom is -0.258 e. The van der Waals surface area contributed by atoms with Crippen LogP contribution in [0.3, 0.4) is 0 Å². The first-order valence-electron chi connectivity index (χ1n) is 5.40. The van der Waals surface area contributed by atoms with Crippen LogP contribution >= 0.6 is 0 Å². The van der Waals surface area contributed by atoms with E-state index >= 15 is 0 Å². The minimum absolute atomic E-state index is 0.564. The average Bonchev–Trinajstić information content (AvgIpc) is 2.37. The molecule has 2 aromatic rings. The first-order valence-corrected chi connectivity index (χ1v) is 7.22. The van der Waals surface area contributed by atoms with Crippen molar-refractivity contribution in [1.29, 1.82) is 0 Å². The van der Waals surface area contributed by atoms with E-state index in [1.807, 2.05) is 30.3 Å². The third-order valence-electron chi connectivity index (χ3n) is 2.33. The molecule has 0 saturated carbocycles. The van der Waals surface area contributed by atoms with Crippen LogP contribution < -0.4 is 0 Å². The number of rotatable bonds is 4. The first kappa shape index (κ1) is 12.7. The van der Waals surface area contributed by atoms with Crippen LogP contribution in [0.1, 0.15) is 17.4 Å². The van der Waals surface area contributed by atoms with E-state index in [9.17, 15) is 8.42 Å². The second-order valence-electron chi connectivity index (χ2n) is 3.85. The Morgan fingerprint density at radius 2 is 1.72 bits per heavy atom. The Balaban J connectivity index is 2.42. The predicted molar refractivity (Wildman–Crippen MR) is 68.5 cm³/mol. The van der Waals surface area contributed by atoms with Gasteiger partial charge in [0.1, 0.15) is 6.10 Å². The molecule has 0 bridgehead atoms. The van der Waals surface area contributed by atoms with Gasteiger partial charge in [-0.1, -0.05) is 36.4 Å². The lowest BCUT2D eigenvalue weighted by molar-refractivity contribution is 0.251. The standard InChI is InChI=1S/C13H13NO3S/c1-18(15,16)17-13(11-7-3-2-4-8-11)12-9-5-6-10-14-12/h2-10,13H,1H3. The summed E-state index contributed by atoms with van der Waals surface area (Å²) < 4.78 is 27.8. The van der Waals surface area contributed by atoms with E-state index < -0.39 is 16.2 Å². The van der Waals surface area contributed by atoms with Crippen molar-refractivity contribution in [3.63, 3.8) is 0 Å². The van der Waals surface area contributed by atoms with Gasteiger partial charge in [0.2, 0.25) is 0 Å². The maximum Gasteiger partial charge on any atom is 0.265 e. The number of nitrogens with zero attached hydrogens (tertiary/aromatic N) is 1. The molecule has 2 rings (SSSR count). The summed E-state index contributed by atoms with van der Waals surface area (Å²) in [6, 6.07) is 14.4. The number of hydrogen-bond acceptors (Lipinski definition) is 4.